The third-order valence-electron chi connectivity index (χ3n) is 3.61. The number of hydrogen-bond acceptors (Lipinski definition) is 3. The van der Waals surface area contributed by atoms with Crippen molar-refractivity contribution < 1.29 is 19.8 Å². The molecule has 0 radical (unpaired) electrons. The van der Waals surface area contributed by atoms with Crippen LogP contribution in [0.3, 0.4) is 0 Å². The molecule has 0 saturated carbocycles. The third kappa shape index (κ3) is 4.95. The van der Waals surface area contributed by atoms with Crippen LogP contribution in [0.4, 0.5) is 0 Å². The minimum atomic E-state index is -1.26. The fraction of sp³-hybridized carbons (Fsp3) is 0.222. The fourth-order valence-corrected chi connectivity index (χ4v) is 2.89. The number of rotatable bonds is 4. The zero-order chi connectivity index (χ0) is 18.6. The average molecular weight is 363 g/mol. The second kappa shape index (κ2) is 8.00. The Balaban J connectivity index is 0.000000242. The highest BCUT2D eigenvalue weighted by Gasteiger charge is 2.22. The van der Waals surface area contributed by atoms with Crippen LogP contribution in [0.25, 0.3) is 11.3 Å². The SMILES string of the molecule is C[C@H](N)Cn1ccc2c1-c1cc(Cl)ccc1C2.O=C(O)/C=C/C(=O)O. The van der Waals surface area contributed by atoms with E-state index in [9.17, 15) is 9.59 Å². The number of carboxylic acid groups (broad SMARTS) is 2. The predicted molar refractivity (Wildman–Crippen MR) is 95.7 cm³/mol. The quantitative estimate of drug-likeness (QED) is 0.619. The molecule has 0 fully saturated rings. The summed E-state index contributed by atoms with van der Waals surface area (Å²) >= 11 is 6.08. The van der Waals surface area contributed by atoms with E-state index < -0.39 is 11.9 Å². The first-order valence-electron chi connectivity index (χ1n) is 7.64. The van der Waals surface area contributed by atoms with E-state index in [2.05, 4.69) is 29.0 Å². The van der Waals surface area contributed by atoms with Crippen LogP contribution in [0.5, 0.6) is 0 Å². The summed E-state index contributed by atoms with van der Waals surface area (Å²) in [6, 6.07) is 8.48. The van der Waals surface area contributed by atoms with Crippen LogP contribution >= 0.6 is 11.6 Å². The summed E-state index contributed by atoms with van der Waals surface area (Å²) in [4.78, 5) is 19.1. The van der Waals surface area contributed by atoms with E-state index in [-0.39, 0.29) is 6.04 Å². The van der Waals surface area contributed by atoms with Gasteiger partial charge in [0, 0.05) is 47.9 Å². The minimum Gasteiger partial charge on any atom is -0.478 e. The maximum atomic E-state index is 9.55. The molecule has 0 saturated heterocycles. The molecule has 3 rings (SSSR count). The number of aromatic nitrogens is 1. The van der Waals surface area contributed by atoms with Crippen LogP contribution in [-0.2, 0) is 22.6 Å². The van der Waals surface area contributed by atoms with E-state index in [0.717, 1.165) is 18.0 Å². The van der Waals surface area contributed by atoms with Crippen molar-refractivity contribution in [3.8, 4) is 11.3 Å². The van der Waals surface area contributed by atoms with E-state index in [1.807, 2.05) is 13.0 Å². The molecule has 4 N–H and O–H groups in total. The fourth-order valence-electron chi connectivity index (χ4n) is 2.72. The molecular weight excluding hydrogens is 344 g/mol. The lowest BCUT2D eigenvalue weighted by molar-refractivity contribution is -0.134. The van der Waals surface area contributed by atoms with Crippen LogP contribution < -0.4 is 5.73 Å². The Hall–Kier alpha value is -2.57. The standard InChI is InChI=1S/C14H15ClN2.C4H4O4/c1-9(16)8-17-5-4-11-6-10-2-3-12(15)7-13(10)14(11)17;5-3(6)1-2-4(7)8/h2-5,7,9H,6,8,16H2,1H3;1-2H,(H,5,6)(H,7,8)/b;2-1+/t9-;/m0./s1. The summed E-state index contributed by atoms with van der Waals surface area (Å²) in [5.41, 5.74) is 11.2. The summed E-state index contributed by atoms with van der Waals surface area (Å²) in [5, 5.41) is 16.4. The van der Waals surface area contributed by atoms with Crippen molar-refractivity contribution in [2.24, 2.45) is 5.73 Å². The number of hydrogen-bond donors (Lipinski definition) is 3. The molecule has 25 heavy (non-hydrogen) atoms. The summed E-state index contributed by atoms with van der Waals surface area (Å²) in [6.07, 6.45) is 4.25. The van der Waals surface area contributed by atoms with E-state index >= 15 is 0 Å². The molecular formula is C18H19ClN2O4. The molecule has 1 aromatic carbocycles. The van der Waals surface area contributed by atoms with Gasteiger partial charge in [-0.3, -0.25) is 0 Å². The van der Waals surface area contributed by atoms with E-state index in [0.29, 0.717) is 12.2 Å². The Labute approximate surface area is 150 Å². The molecule has 0 bridgehead atoms. The zero-order valence-corrected chi connectivity index (χ0v) is 14.4. The normalized spacial score (nSPS) is 12.9. The molecule has 1 aliphatic rings. The number of benzene rings is 1. The monoisotopic (exact) mass is 362 g/mol. The van der Waals surface area contributed by atoms with Crippen molar-refractivity contribution >= 4 is 23.5 Å². The first-order valence-corrected chi connectivity index (χ1v) is 8.02. The van der Waals surface area contributed by atoms with Gasteiger partial charge in [0.05, 0.1) is 5.69 Å². The van der Waals surface area contributed by atoms with Crippen molar-refractivity contribution in [1.82, 2.24) is 4.57 Å². The summed E-state index contributed by atoms with van der Waals surface area (Å²) in [5.74, 6) is -2.51. The van der Waals surface area contributed by atoms with Gasteiger partial charge in [-0.15, -0.1) is 0 Å². The van der Waals surface area contributed by atoms with Gasteiger partial charge in [0.1, 0.15) is 0 Å². The highest BCUT2D eigenvalue weighted by Crippen LogP contribution is 2.38. The second-order valence-electron chi connectivity index (χ2n) is 5.81. The Morgan fingerprint density at radius 3 is 2.44 bits per heavy atom. The van der Waals surface area contributed by atoms with Gasteiger partial charge in [-0.1, -0.05) is 17.7 Å². The molecule has 132 valence electrons. The van der Waals surface area contributed by atoms with Crippen LogP contribution in [0, 0.1) is 0 Å². The molecule has 6 nitrogen and oxygen atoms in total. The molecule has 7 heteroatoms. The van der Waals surface area contributed by atoms with E-state index in [4.69, 9.17) is 27.5 Å². The molecule has 0 aliphatic heterocycles. The van der Waals surface area contributed by atoms with Gasteiger partial charge in [-0.25, -0.2) is 9.59 Å². The molecule has 1 aromatic heterocycles. The number of fused-ring (bicyclic) bond motifs is 3. The minimum absolute atomic E-state index is 0.162. The Morgan fingerprint density at radius 2 is 1.88 bits per heavy atom. The van der Waals surface area contributed by atoms with Gasteiger partial charge in [0.25, 0.3) is 0 Å². The molecule has 1 aliphatic carbocycles. The van der Waals surface area contributed by atoms with Gasteiger partial charge in [0.2, 0.25) is 0 Å². The second-order valence-corrected chi connectivity index (χ2v) is 6.24. The predicted octanol–water partition coefficient (Wildman–Crippen LogP) is 2.77. The Kier molecular flexibility index (Phi) is 6.01. The number of nitrogens with two attached hydrogens (primary N) is 1. The van der Waals surface area contributed by atoms with Gasteiger partial charge in [0.15, 0.2) is 0 Å². The Bertz CT molecular complexity index is 808. The number of halogens is 1. The van der Waals surface area contributed by atoms with Crippen molar-refractivity contribution in [3.05, 3.63) is 58.8 Å². The zero-order valence-electron chi connectivity index (χ0n) is 13.6. The molecule has 2 aromatic rings. The first-order chi connectivity index (χ1) is 11.8. The van der Waals surface area contributed by atoms with Crippen molar-refractivity contribution in [1.29, 1.82) is 0 Å². The number of carboxylic acids is 2. The smallest absolute Gasteiger partial charge is 0.328 e. The number of aliphatic carboxylic acids is 2. The van der Waals surface area contributed by atoms with Gasteiger partial charge < -0.3 is 20.5 Å². The molecule has 1 atom stereocenters. The maximum absolute atomic E-state index is 9.55. The summed E-state index contributed by atoms with van der Waals surface area (Å²) in [6.45, 7) is 2.88. The van der Waals surface area contributed by atoms with E-state index in [1.165, 1.54) is 22.4 Å². The average Bonchev–Trinajstić information content (AvgIpc) is 3.05. The molecule has 0 spiro atoms. The number of nitrogens with zero attached hydrogens (tertiary/aromatic N) is 1. The van der Waals surface area contributed by atoms with Crippen LogP contribution in [0.1, 0.15) is 18.1 Å². The van der Waals surface area contributed by atoms with Crippen molar-refractivity contribution in [3.63, 3.8) is 0 Å². The largest absolute Gasteiger partial charge is 0.478 e. The summed E-state index contributed by atoms with van der Waals surface area (Å²) in [7, 11) is 0. The highest BCUT2D eigenvalue weighted by atomic mass is 35.5. The van der Waals surface area contributed by atoms with Gasteiger partial charge >= 0.3 is 11.9 Å². The lowest BCUT2D eigenvalue weighted by Crippen LogP contribution is -2.22. The van der Waals surface area contributed by atoms with Crippen LogP contribution in [0.15, 0.2) is 42.6 Å². The molecule has 0 amide bonds. The van der Waals surface area contributed by atoms with Crippen molar-refractivity contribution in [2.75, 3.05) is 0 Å². The van der Waals surface area contributed by atoms with Crippen molar-refractivity contribution in [2.45, 2.75) is 25.9 Å². The van der Waals surface area contributed by atoms with E-state index in [1.54, 1.807) is 0 Å². The maximum Gasteiger partial charge on any atom is 0.328 e. The third-order valence-corrected chi connectivity index (χ3v) is 3.84. The Morgan fingerprint density at radius 1 is 1.24 bits per heavy atom. The van der Waals surface area contributed by atoms with Gasteiger partial charge in [-0.05, 0) is 36.2 Å². The van der Waals surface area contributed by atoms with Gasteiger partial charge in [-0.2, -0.15) is 0 Å². The topological polar surface area (TPSA) is 106 Å². The summed E-state index contributed by atoms with van der Waals surface area (Å²) < 4.78 is 2.24. The van der Waals surface area contributed by atoms with Crippen LogP contribution in [0.2, 0.25) is 5.02 Å². The molecule has 0 unspecified atom stereocenters. The van der Waals surface area contributed by atoms with Crippen LogP contribution in [-0.4, -0.2) is 32.8 Å². The first kappa shape index (κ1) is 18.8. The molecule has 1 heterocycles. The number of carbonyl (C=O) groups is 2. The lowest BCUT2D eigenvalue weighted by atomic mass is 10.1. The highest BCUT2D eigenvalue weighted by molar-refractivity contribution is 6.30. The lowest BCUT2D eigenvalue weighted by Gasteiger charge is -2.11.